The molecule has 2 nitrogen and oxygen atoms in total. The molecular weight excluding hydrogens is 397 g/mol. The minimum atomic E-state index is -4.51. The van der Waals surface area contributed by atoms with Crippen LogP contribution in [-0.2, 0) is 12.8 Å². The summed E-state index contributed by atoms with van der Waals surface area (Å²) in [6.45, 7) is 2.23. The second-order valence-corrected chi connectivity index (χ2v) is 7.77. The zero-order valence-electron chi connectivity index (χ0n) is 15.8. The van der Waals surface area contributed by atoms with Crippen LogP contribution in [0.3, 0.4) is 0 Å². The van der Waals surface area contributed by atoms with Gasteiger partial charge in [0, 0.05) is 10.5 Å². The average molecular weight is 418 g/mol. The van der Waals surface area contributed by atoms with Crippen LogP contribution in [0.5, 0.6) is 5.75 Å². The highest BCUT2D eigenvalue weighted by atomic mass is 32.2. The SMILES string of the molecule is CCSc1ccc(C(O)c2cc(C(F)(F)F)ccc2OCc2ccccc2)cc1. The van der Waals surface area contributed by atoms with Crippen molar-refractivity contribution in [1.29, 1.82) is 0 Å². The summed E-state index contributed by atoms with van der Waals surface area (Å²) in [5.41, 5.74) is 0.659. The van der Waals surface area contributed by atoms with E-state index in [2.05, 4.69) is 0 Å². The van der Waals surface area contributed by atoms with Crippen LogP contribution in [0.1, 0.15) is 35.3 Å². The van der Waals surface area contributed by atoms with Crippen molar-refractivity contribution in [2.75, 3.05) is 5.75 Å². The van der Waals surface area contributed by atoms with Gasteiger partial charge in [-0.3, -0.25) is 0 Å². The van der Waals surface area contributed by atoms with Crippen LogP contribution in [0.2, 0.25) is 0 Å². The summed E-state index contributed by atoms with van der Waals surface area (Å²) >= 11 is 1.65. The summed E-state index contributed by atoms with van der Waals surface area (Å²) in [5, 5.41) is 10.8. The molecule has 152 valence electrons. The van der Waals surface area contributed by atoms with Crippen molar-refractivity contribution >= 4 is 11.8 Å². The maximum atomic E-state index is 13.2. The molecule has 0 spiro atoms. The van der Waals surface area contributed by atoms with Crippen LogP contribution in [0, 0.1) is 0 Å². The van der Waals surface area contributed by atoms with Crippen molar-refractivity contribution in [3.05, 3.63) is 95.1 Å². The van der Waals surface area contributed by atoms with Crippen LogP contribution in [0.15, 0.2) is 77.7 Å². The first-order chi connectivity index (χ1) is 13.9. The molecule has 3 aromatic rings. The first-order valence-corrected chi connectivity index (χ1v) is 10.2. The molecule has 1 atom stereocenters. The number of rotatable bonds is 7. The van der Waals surface area contributed by atoms with E-state index < -0.39 is 17.8 Å². The first-order valence-electron chi connectivity index (χ1n) is 9.17. The summed E-state index contributed by atoms with van der Waals surface area (Å²) in [4.78, 5) is 1.04. The highest BCUT2D eigenvalue weighted by molar-refractivity contribution is 7.99. The number of aliphatic hydroxyl groups excluding tert-OH is 1. The van der Waals surface area contributed by atoms with Crippen LogP contribution in [-0.4, -0.2) is 10.9 Å². The molecule has 6 heteroatoms. The molecule has 0 aliphatic rings. The Kier molecular flexibility index (Phi) is 6.87. The van der Waals surface area contributed by atoms with Crippen LogP contribution >= 0.6 is 11.8 Å². The van der Waals surface area contributed by atoms with Gasteiger partial charge in [0.1, 0.15) is 18.5 Å². The van der Waals surface area contributed by atoms with Crippen LogP contribution in [0.25, 0.3) is 0 Å². The average Bonchev–Trinajstić information content (AvgIpc) is 2.72. The fraction of sp³-hybridized carbons (Fsp3) is 0.217. The molecule has 1 N–H and O–H groups in total. The number of halogens is 3. The van der Waals surface area contributed by atoms with E-state index in [9.17, 15) is 18.3 Å². The zero-order chi connectivity index (χ0) is 20.9. The van der Waals surface area contributed by atoms with Gasteiger partial charge < -0.3 is 9.84 Å². The van der Waals surface area contributed by atoms with Gasteiger partial charge in [0.05, 0.1) is 5.56 Å². The molecule has 0 heterocycles. The fourth-order valence-electron chi connectivity index (χ4n) is 2.90. The second-order valence-electron chi connectivity index (χ2n) is 6.43. The van der Waals surface area contributed by atoms with Gasteiger partial charge in [0.2, 0.25) is 0 Å². The van der Waals surface area contributed by atoms with Crippen LogP contribution in [0.4, 0.5) is 13.2 Å². The van der Waals surface area contributed by atoms with Crippen molar-refractivity contribution in [3.8, 4) is 5.75 Å². The molecule has 0 bridgehead atoms. The standard InChI is InChI=1S/C23H21F3O2S/c1-2-29-19-11-8-17(9-12-19)22(27)20-14-18(23(24,25)26)10-13-21(20)28-15-16-6-4-3-5-7-16/h3-14,22,27H,2,15H2,1H3. The Hall–Kier alpha value is -2.44. The van der Waals surface area contributed by atoms with Crippen molar-refractivity contribution in [1.82, 2.24) is 0 Å². The highest BCUT2D eigenvalue weighted by Gasteiger charge is 2.32. The molecule has 0 saturated carbocycles. The van der Waals surface area contributed by atoms with E-state index in [1.807, 2.05) is 49.4 Å². The third-order valence-corrected chi connectivity index (χ3v) is 5.27. The maximum absolute atomic E-state index is 13.2. The smallest absolute Gasteiger partial charge is 0.416 e. The molecule has 0 radical (unpaired) electrons. The number of alkyl halides is 3. The van der Waals surface area contributed by atoms with Gasteiger partial charge in [-0.25, -0.2) is 0 Å². The van der Waals surface area contributed by atoms with Crippen molar-refractivity contribution < 1.29 is 23.0 Å². The van der Waals surface area contributed by atoms with E-state index in [1.54, 1.807) is 23.9 Å². The molecule has 1 unspecified atom stereocenters. The fourth-order valence-corrected chi connectivity index (χ4v) is 3.56. The molecule has 0 aliphatic carbocycles. The summed E-state index contributed by atoms with van der Waals surface area (Å²) in [6.07, 6.45) is -5.74. The van der Waals surface area contributed by atoms with E-state index in [1.165, 1.54) is 6.07 Å². The minimum Gasteiger partial charge on any atom is -0.489 e. The Bertz CT molecular complexity index is 925. The van der Waals surface area contributed by atoms with E-state index in [0.717, 1.165) is 28.3 Å². The number of hydrogen-bond donors (Lipinski definition) is 1. The lowest BCUT2D eigenvalue weighted by molar-refractivity contribution is -0.137. The largest absolute Gasteiger partial charge is 0.489 e. The van der Waals surface area contributed by atoms with Gasteiger partial charge in [0.25, 0.3) is 0 Å². The predicted octanol–water partition coefficient (Wildman–Crippen LogP) is 6.48. The Morgan fingerprint density at radius 1 is 0.966 bits per heavy atom. The number of ether oxygens (including phenoxy) is 1. The monoisotopic (exact) mass is 418 g/mol. The van der Waals surface area contributed by atoms with E-state index in [0.29, 0.717) is 5.56 Å². The third-order valence-electron chi connectivity index (χ3n) is 4.38. The normalized spacial score (nSPS) is 12.6. The van der Waals surface area contributed by atoms with E-state index in [-0.39, 0.29) is 17.9 Å². The number of hydrogen-bond acceptors (Lipinski definition) is 3. The molecule has 29 heavy (non-hydrogen) atoms. The molecule has 0 fully saturated rings. The number of benzene rings is 3. The second kappa shape index (κ2) is 9.37. The third kappa shape index (κ3) is 5.55. The molecular formula is C23H21F3O2S. The van der Waals surface area contributed by atoms with Gasteiger partial charge in [-0.05, 0) is 47.2 Å². The van der Waals surface area contributed by atoms with E-state index >= 15 is 0 Å². The zero-order valence-corrected chi connectivity index (χ0v) is 16.6. The minimum absolute atomic E-state index is 0.0895. The summed E-state index contributed by atoms with van der Waals surface area (Å²) in [5.74, 6) is 1.13. The highest BCUT2D eigenvalue weighted by Crippen LogP contribution is 2.37. The molecule has 3 rings (SSSR count). The number of thioether (sulfide) groups is 1. The topological polar surface area (TPSA) is 29.5 Å². The first kappa shape index (κ1) is 21.3. The Labute approximate surface area is 172 Å². The lowest BCUT2D eigenvalue weighted by Crippen LogP contribution is -2.10. The lowest BCUT2D eigenvalue weighted by atomic mass is 9.98. The molecule has 0 amide bonds. The summed E-state index contributed by atoms with van der Waals surface area (Å²) in [7, 11) is 0. The van der Waals surface area contributed by atoms with Crippen molar-refractivity contribution in [3.63, 3.8) is 0 Å². The van der Waals surface area contributed by atoms with E-state index in [4.69, 9.17) is 4.74 Å². The van der Waals surface area contributed by atoms with Gasteiger partial charge in [0.15, 0.2) is 0 Å². The summed E-state index contributed by atoms with van der Waals surface area (Å²) < 4.78 is 45.5. The maximum Gasteiger partial charge on any atom is 0.416 e. The van der Waals surface area contributed by atoms with Gasteiger partial charge in [-0.2, -0.15) is 13.2 Å². The Balaban J connectivity index is 1.92. The van der Waals surface area contributed by atoms with Gasteiger partial charge >= 0.3 is 6.18 Å². The van der Waals surface area contributed by atoms with Crippen molar-refractivity contribution in [2.45, 2.75) is 30.7 Å². The van der Waals surface area contributed by atoms with Gasteiger partial charge in [-0.1, -0.05) is 49.4 Å². The molecule has 0 aliphatic heterocycles. The quantitative estimate of drug-likeness (QED) is 0.446. The Morgan fingerprint density at radius 3 is 2.28 bits per heavy atom. The molecule has 0 saturated heterocycles. The van der Waals surface area contributed by atoms with Crippen molar-refractivity contribution in [2.24, 2.45) is 0 Å². The van der Waals surface area contributed by atoms with Gasteiger partial charge in [-0.15, -0.1) is 11.8 Å². The predicted molar refractivity (Wildman–Crippen MR) is 109 cm³/mol. The lowest BCUT2D eigenvalue weighted by Gasteiger charge is -2.19. The number of aliphatic hydroxyl groups is 1. The van der Waals surface area contributed by atoms with Crippen LogP contribution < -0.4 is 4.74 Å². The summed E-state index contributed by atoms with van der Waals surface area (Å²) in [6, 6.07) is 19.7. The molecule has 0 aromatic heterocycles. The Morgan fingerprint density at radius 2 is 1.66 bits per heavy atom. The molecule has 3 aromatic carbocycles.